The number of fused-ring (bicyclic) bond motifs is 1. The van der Waals surface area contributed by atoms with Crippen molar-refractivity contribution >= 4 is 29.4 Å². The number of hydrogen-bond donors (Lipinski definition) is 1. The lowest BCUT2D eigenvalue weighted by Gasteiger charge is -2.33. The molecule has 0 bridgehead atoms. The lowest BCUT2D eigenvalue weighted by molar-refractivity contribution is -0.152. The molecular formula is C30H28N2O7. The molecule has 9 nitrogen and oxygen atoms in total. The quantitative estimate of drug-likeness (QED) is 0.368. The van der Waals surface area contributed by atoms with Gasteiger partial charge >= 0.3 is 11.9 Å². The number of nitrogens with zero attached hydrogens (tertiary/aromatic N) is 1. The predicted molar refractivity (Wildman–Crippen MR) is 141 cm³/mol. The average molecular weight is 529 g/mol. The summed E-state index contributed by atoms with van der Waals surface area (Å²) in [4.78, 5) is 55.6. The molecule has 3 aromatic carbocycles. The minimum Gasteiger partial charge on any atom is -0.497 e. The fourth-order valence-corrected chi connectivity index (χ4v) is 5.81. The summed E-state index contributed by atoms with van der Waals surface area (Å²) < 4.78 is 15.5. The standard InChI is InChI=1S/C30H28N2O7/c1-37-20-15-13-19(14-16-20)25-23-24(30(31-25,29(36)39-3)17-18-9-5-4-6-10-18)27(34)32(26(23)33)22-12-8-7-11-21(22)28(35)38-2/h4-16,23-25,31H,17H2,1-3H3/t23-,24+,25-,30-/m1/s1. The molecule has 200 valence electrons. The average Bonchev–Trinajstić information content (AvgIpc) is 3.45. The minimum atomic E-state index is -1.55. The summed E-state index contributed by atoms with van der Waals surface area (Å²) in [6.07, 6.45) is 0.111. The Kier molecular flexibility index (Phi) is 6.93. The number of benzene rings is 3. The first-order valence-electron chi connectivity index (χ1n) is 12.5. The summed E-state index contributed by atoms with van der Waals surface area (Å²) in [7, 11) is 4.04. The molecule has 0 unspecified atom stereocenters. The second-order valence-corrected chi connectivity index (χ2v) is 9.54. The van der Waals surface area contributed by atoms with Crippen LogP contribution in [0.15, 0.2) is 78.9 Å². The van der Waals surface area contributed by atoms with E-state index in [1.54, 1.807) is 43.5 Å². The van der Waals surface area contributed by atoms with E-state index in [0.717, 1.165) is 10.5 Å². The maximum Gasteiger partial charge on any atom is 0.339 e. The van der Waals surface area contributed by atoms with Crippen molar-refractivity contribution in [2.24, 2.45) is 11.8 Å². The summed E-state index contributed by atoms with van der Waals surface area (Å²) in [6, 6.07) is 21.9. The first-order chi connectivity index (χ1) is 18.9. The van der Waals surface area contributed by atoms with Gasteiger partial charge in [0, 0.05) is 12.5 Å². The van der Waals surface area contributed by atoms with E-state index < -0.39 is 47.2 Å². The van der Waals surface area contributed by atoms with E-state index in [0.29, 0.717) is 11.3 Å². The van der Waals surface area contributed by atoms with E-state index in [9.17, 15) is 19.2 Å². The van der Waals surface area contributed by atoms with Gasteiger partial charge in [-0.1, -0.05) is 54.6 Å². The van der Waals surface area contributed by atoms with Crippen LogP contribution < -0.4 is 15.0 Å². The molecule has 2 heterocycles. The van der Waals surface area contributed by atoms with Gasteiger partial charge in [-0.15, -0.1) is 0 Å². The van der Waals surface area contributed by atoms with Gasteiger partial charge in [0.25, 0.3) is 0 Å². The van der Waals surface area contributed by atoms with Gasteiger partial charge in [-0.3, -0.25) is 19.7 Å². The number of amides is 2. The fourth-order valence-electron chi connectivity index (χ4n) is 5.81. The Hall–Kier alpha value is -4.50. The summed E-state index contributed by atoms with van der Waals surface area (Å²) >= 11 is 0. The smallest absolute Gasteiger partial charge is 0.339 e. The van der Waals surface area contributed by atoms with Crippen molar-refractivity contribution in [3.05, 3.63) is 95.6 Å². The van der Waals surface area contributed by atoms with Crippen LogP contribution in [-0.4, -0.2) is 50.6 Å². The zero-order valence-corrected chi connectivity index (χ0v) is 21.7. The van der Waals surface area contributed by atoms with Gasteiger partial charge in [-0.05, 0) is 35.4 Å². The first kappa shape index (κ1) is 26.1. The van der Waals surface area contributed by atoms with Crippen LogP contribution >= 0.6 is 0 Å². The molecule has 5 rings (SSSR count). The van der Waals surface area contributed by atoms with Gasteiger partial charge in [0.15, 0.2) is 0 Å². The van der Waals surface area contributed by atoms with Gasteiger partial charge in [0.1, 0.15) is 11.3 Å². The maximum absolute atomic E-state index is 14.2. The number of carbonyl (C=O) groups excluding carboxylic acids is 4. The molecule has 0 aromatic heterocycles. The number of hydrogen-bond acceptors (Lipinski definition) is 8. The van der Waals surface area contributed by atoms with Crippen molar-refractivity contribution in [3.63, 3.8) is 0 Å². The van der Waals surface area contributed by atoms with Crippen molar-refractivity contribution < 1.29 is 33.4 Å². The Bertz CT molecular complexity index is 1420. The Balaban J connectivity index is 1.68. The normalized spacial score (nSPS) is 23.9. The van der Waals surface area contributed by atoms with Crippen LogP contribution in [0.1, 0.15) is 27.5 Å². The van der Waals surface area contributed by atoms with E-state index in [1.807, 2.05) is 30.3 Å². The van der Waals surface area contributed by atoms with Crippen molar-refractivity contribution in [1.82, 2.24) is 5.32 Å². The molecule has 1 N–H and O–H groups in total. The lowest BCUT2D eigenvalue weighted by atomic mass is 9.76. The molecule has 9 heteroatoms. The second kappa shape index (κ2) is 10.3. The highest BCUT2D eigenvalue weighted by atomic mass is 16.5. The van der Waals surface area contributed by atoms with Gasteiger partial charge in [0.2, 0.25) is 11.8 Å². The van der Waals surface area contributed by atoms with Crippen LogP contribution in [-0.2, 0) is 30.3 Å². The van der Waals surface area contributed by atoms with Gasteiger partial charge < -0.3 is 14.2 Å². The topological polar surface area (TPSA) is 111 Å². The van der Waals surface area contributed by atoms with Gasteiger partial charge in [-0.2, -0.15) is 0 Å². The molecule has 2 aliphatic rings. The fraction of sp³-hybridized carbons (Fsp3) is 0.267. The van der Waals surface area contributed by atoms with E-state index in [-0.39, 0.29) is 17.7 Å². The van der Waals surface area contributed by atoms with E-state index in [4.69, 9.17) is 14.2 Å². The molecule has 2 aliphatic heterocycles. The highest BCUT2D eigenvalue weighted by Crippen LogP contribution is 2.51. The molecule has 4 atom stereocenters. The largest absolute Gasteiger partial charge is 0.497 e. The number of anilines is 1. The first-order valence-corrected chi connectivity index (χ1v) is 12.5. The lowest BCUT2D eigenvalue weighted by Crippen LogP contribution is -2.58. The maximum atomic E-state index is 14.2. The van der Waals surface area contributed by atoms with Crippen LogP contribution in [0.2, 0.25) is 0 Å². The van der Waals surface area contributed by atoms with Gasteiger partial charge in [-0.25, -0.2) is 9.69 Å². The van der Waals surface area contributed by atoms with Crippen molar-refractivity contribution in [1.29, 1.82) is 0 Å². The summed E-state index contributed by atoms with van der Waals surface area (Å²) in [5.74, 6) is -3.87. The number of ether oxygens (including phenoxy) is 3. The van der Waals surface area contributed by atoms with Gasteiger partial charge in [0.05, 0.1) is 44.4 Å². The van der Waals surface area contributed by atoms with Crippen molar-refractivity contribution in [3.8, 4) is 5.75 Å². The zero-order valence-electron chi connectivity index (χ0n) is 21.7. The number of methoxy groups -OCH3 is 3. The van der Waals surface area contributed by atoms with E-state index in [2.05, 4.69) is 5.32 Å². The van der Waals surface area contributed by atoms with Crippen molar-refractivity contribution in [2.45, 2.75) is 18.0 Å². The highest BCUT2D eigenvalue weighted by Gasteiger charge is 2.69. The molecule has 2 saturated heterocycles. The molecule has 2 fully saturated rings. The molecule has 0 radical (unpaired) electrons. The third-order valence-corrected chi connectivity index (χ3v) is 7.55. The second-order valence-electron chi connectivity index (χ2n) is 9.54. The Morgan fingerprint density at radius 3 is 2.15 bits per heavy atom. The summed E-state index contributed by atoms with van der Waals surface area (Å²) in [6.45, 7) is 0. The number of nitrogens with one attached hydrogen (secondary N) is 1. The minimum absolute atomic E-state index is 0.0716. The number of imide groups is 1. The molecular weight excluding hydrogens is 500 g/mol. The summed E-state index contributed by atoms with van der Waals surface area (Å²) in [5, 5.41) is 3.37. The monoisotopic (exact) mass is 528 g/mol. The molecule has 3 aromatic rings. The Morgan fingerprint density at radius 1 is 0.846 bits per heavy atom. The number of esters is 2. The number of carbonyl (C=O) groups is 4. The Morgan fingerprint density at radius 2 is 1.51 bits per heavy atom. The van der Waals surface area contributed by atoms with Crippen molar-refractivity contribution in [2.75, 3.05) is 26.2 Å². The molecule has 0 aliphatic carbocycles. The van der Waals surface area contributed by atoms with Crippen LogP contribution in [0.4, 0.5) is 5.69 Å². The predicted octanol–water partition coefficient (Wildman–Crippen LogP) is 3.09. The van der Waals surface area contributed by atoms with Crippen LogP contribution in [0.3, 0.4) is 0 Å². The van der Waals surface area contributed by atoms with Crippen LogP contribution in [0.25, 0.3) is 0 Å². The van der Waals surface area contributed by atoms with Crippen LogP contribution in [0.5, 0.6) is 5.75 Å². The number of rotatable bonds is 7. The zero-order chi connectivity index (χ0) is 27.7. The molecule has 0 spiro atoms. The Labute approximate surface area is 225 Å². The van der Waals surface area contributed by atoms with E-state index >= 15 is 0 Å². The SMILES string of the molecule is COC(=O)c1ccccc1N1C(=O)[C@H]2[C@@H](c3ccc(OC)cc3)N[C@@](Cc3ccccc3)(C(=O)OC)[C@@H]2C1=O. The third kappa shape index (κ3) is 4.24. The highest BCUT2D eigenvalue weighted by molar-refractivity contribution is 6.25. The summed E-state index contributed by atoms with van der Waals surface area (Å²) in [5.41, 5.74) is 0.128. The molecule has 39 heavy (non-hydrogen) atoms. The van der Waals surface area contributed by atoms with E-state index in [1.165, 1.54) is 26.4 Å². The molecule has 0 saturated carbocycles. The molecule has 2 amide bonds. The van der Waals surface area contributed by atoms with Crippen LogP contribution in [0, 0.1) is 11.8 Å². The number of para-hydroxylation sites is 1. The third-order valence-electron chi connectivity index (χ3n) is 7.55.